The Balaban J connectivity index is 3.07. The molecule has 1 rings (SSSR count). The molecule has 1 aromatic heterocycles. The van der Waals surface area contributed by atoms with Gasteiger partial charge in [0.2, 0.25) is 0 Å². The van der Waals surface area contributed by atoms with Crippen LogP contribution in [-0.4, -0.2) is 16.0 Å². The van der Waals surface area contributed by atoms with Gasteiger partial charge in [-0.3, -0.25) is 0 Å². The van der Waals surface area contributed by atoms with Gasteiger partial charge in [-0.15, -0.1) is 0 Å². The van der Waals surface area contributed by atoms with E-state index in [0.717, 1.165) is 23.6 Å². The first-order chi connectivity index (χ1) is 8.36. The van der Waals surface area contributed by atoms with Gasteiger partial charge in [-0.05, 0) is 19.3 Å². The van der Waals surface area contributed by atoms with Crippen LogP contribution in [-0.2, 0) is 0 Å². The average molecular weight is 270 g/mol. The van der Waals surface area contributed by atoms with Crippen molar-refractivity contribution in [3.8, 4) is 0 Å². The van der Waals surface area contributed by atoms with Gasteiger partial charge in [0.25, 0.3) is 0 Å². The normalized spacial score (nSPS) is 13.2. The van der Waals surface area contributed by atoms with E-state index in [1.807, 2.05) is 6.92 Å². The highest BCUT2D eigenvalue weighted by Gasteiger charge is 2.16. The Morgan fingerprint density at radius 1 is 1.17 bits per heavy atom. The molecule has 0 saturated heterocycles. The van der Waals surface area contributed by atoms with Gasteiger partial charge in [0.1, 0.15) is 16.8 Å². The Bertz CT molecular complexity index is 402. The van der Waals surface area contributed by atoms with Crippen LogP contribution in [0.2, 0.25) is 5.15 Å². The zero-order valence-corrected chi connectivity index (χ0v) is 13.0. The van der Waals surface area contributed by atoms with Gasteiger partial charge in [-0.25, -0.2) is 9.97 Å². The van der Waals surface area contributed by atoms with Gasteiger partial charge in [-0.1, -0.05) is 46.2 Å². The molecule has 1 unspecified atom stereocenters. The topological polar surface area (TPSA) is 37.8 Å². The Labute approximate surface area is 115 Å². The highest BCUT2D eigenvalue weighted by Crippen LogP contribution is 2.24. The summed E-state index contributed by atoms with van der Waals surface area (Å²) >= 11 is 6.18. The molecule has 102 valence electrons. The lowest BCUT2D eigenvalue weighted by Gasteiger charge is -2.23. The Kier molecular flexibility index (Phi) is 5.39. The first-order valence-corrected chi connectivity index (χ1v) is 7.05. The van der Waals surface area contributed by atoms with Gasteiger partial charge >= 0.3 is 0 Å². The third-order valence-electron chi connectivity index (χ3n) is 3.19. The van der Waals surface area contributed by atoms with E-state index in [1.165, 1.54) is 0 Å². The second-order valence-electron chi connectivity index (χ2n) is 5.40. The second kappa shape index (κ2) is 6.37. The fourth-order valence-electron chi connectivity index (χ4n) is 1.82. The van der Waals surface area contributed by atoms with Crippen LogP contribution in [0.15, 0.2) is 0 Å². The first kappa shape index (κ1) is 15.2. The monoisotopic (exact) mass is 269 g/mol. The fourth-order valence-corrected chi connectivity index (χ4v) is 2.00. The molecule has 0 saturated carbocycles. The number of rotatable bonds is 5. The molecular weight excluding hydrogens is 246 g/mol. The van der Waals surface area contributed by atoms with Crippen molar-refractivity contribution in [2.75, 3.05) is 5.32 Å². The van der Waals surface area contributed by atoms with Gasteiger partial charge in [0.05, 0.1) is 0 Å². The second-order valence-corrected chi connectivity index (χ2v) is 5.76. The molecule has 0 aliphatic rings. The van der Waals surface area contributed by atoms with E-state index in [1.54, 1.807) is 0 Å². The van der Waals surface area contributed by atoms with Crippen LogP contribution < -0.4 is 5.32 Å². The molecule has 1 N–H and O–H groups in total. The standard InChI is InChI=1S/C14H24ClN3/c1-7-11(8(2)3)16-14-10(6)12(15)17-13(18-14)9(4)5/h8-9,11H,7H2,1-6H3,(H,16,17,18). The summed E-state index contributed by atoms with van der Waals surface area (Å²) in [4.78, 5) is 8.92. The van der Waals surface area contributed by atoms with Crippen molar-refractivity contribution in [2.24, 2.45) is 5.92 Å². The molecular formula is C14H24ClN3. The van der Waals surface area contributed by atoms with E-state index in [9.17, 15) is 0 Å². The zero-order valence-electron chi connectivity index (χ0n) is 12.2. The molecule has 0 aromatic carbocycles. The van der Waals surface area contributed by atoms with E-state index in [-0.39, 0.29) is 5.92 Å². The molecule has 4 heteroatoms. The predicted molar refractivity (Wildman–Crippen MR) is 78.4 cm³/mol. The molecule has 3 nitrogen and oxygen atoms in total. The number of anilines is 1. The first-order valence-electron chi connectivity index (χ1n) is 6.67. The van der Waals surface area contributed by atoms with Gasteiger partial charge in [-0.2, -0.15) is 0 Å². The minimum Gasteiger partial charge on any atom is -0.367 e. The molecule has 0 bridgehead atoms. The minimum absolute atomic E-state index is 0.280. The fraction of sp³-hybridized carbons (Fsp3) is 0.714. The van der Waals surface area contributed by atoms with Crippen molar-refractivity contribution in [2.45, 2.75) is 59.9 Å². The van der Waals surface area contributed by atoms with E-state index in [0.29, 0.717) is 17.1 Å². The minimum atomic E-state index is 0.280. The van der Waals surface area contributed by atoms with Crippen molar-refractivity contribution in [3.63, 3.8) is 0 Å². The number of hydrogen-bond acceptors (Lipinski definition) is 3. The molecule has 0 radical (unpaired) electrons. The molecule has 0 fully saturated rings. The number of halogens is 1. The summed E-state index contributed by atoms with van der Waals surface area (Å²) in [5.41, 5.74) is 0.931. The van der Waals surface area contributed by atoms with E-state index in [2.05, 4.69) is 49.9 Å². The van der Waals surface area contributed by atoms with E-state index < -0.39 is 0 Å². The maximum Gasteiger partial charge on any atom is 0.137 e. The van der Waals surface area contributed by atoms with Crippen molar-refractivity contribution in [3.05, 3.63) is 16.5 Å². The maximum atomic E-state index is 6.18. The quantitative estimate of drug-likeness (QED) is 0.805. The van der Waals surface area contributed by atoms with Gasteiger partial charge < -0.3 is 5.32 Å². The van der Waals surface area contributed by atoms with Crippen LogP contribution >= 0.6 is 11.6 Å². The number of nitrogens with zero attached hydrogens (tertiary/aromatic N) is 2. The molecule has 1 atom stereocenters. The Morgan fingerprint density at radius 2 is 1.78 bits per heavy atom. The summed E-state index contributed by atoms with van der Waals surface area (Å²) in [6.45, 7) is 12.7. The highest BCUT2D eigenvalue weighted by atomic mass is 35.5. The smallest absolute Gasteiger partial charge is 0.137 e. The summed E-state index contributed by atoms with van der Waals surface area (Å²) in [5.74, 6) is 2.51. The molecule has 1 aromatic rings. The summed E-state index contributed by atoms with van der Waals surface area (Å²) in [6, 6.07) is 0.412. The van der Waals surface area contributed by atoms with E-state index in [4.69, 9.17) is 11.6 Å². The molecule has 0 amide bonds. The van der Waals surface area contributed by atoms with Crippen molar-refractivity contribution < 1.29 is 0 Å². The summed E-state index contributed by atoms with van der Waals surface area (Å²) in [5, 5.41) is 4.05. The van der Waals surface area contributed by atoms with Crippen molar-refractivity contribution >= 4 is 17.4 Å². The molecule has 0 spiro atoms. The lowest BCUT2D eigenvalue weighted by molar-refractivity contribution is 0.509. The van der Waals surface area contributed by atoms with Gasteiger partial charge in [0, 0.05) is 17.5 Å². The third-order valence-corrected chi connectivity index (χ3v) is 3.55. The van der Waals surface area contributed by atoms with Gasteiger partial charge in [0.15, 0.2) is 0 Å². The zero-order chi connectivity index (χ0) is 13.9. The van der Waals surface area contributed by atoms with Crippen LogP contribution in [0.3, 0.4) is 0 Å². The largest absolute Gasteiger partial charge is 0.367 e. The Morgan fingerprint density at radius 3 is 2.22 bits per heavy atom. The van der Waals surface area contributed by atoms with Crippen LogP contribution in [0, 0.1) is 12.8 Å². The average Bonchev–Trinajstić information content (AvgIpc) is 2.30. The van der Waals surface area contributed by atoms with Crippen LogP contribution in [0.1, 0.15) is 58.3 Å². The number of nitrogens with one attached hydrogen (secondary N) is 1. The van der Waals surface area contributed by atoms with Crippen LogP contribution in [0.5, 0.6) is 0 Å². The molecule has 0 aliphatic carbocycles. The highest BCUT2D eigenvalue weighted by molar-refractivity contribution is 6.30. The van der Waals surface area contributed by atoms with Crippen molar-refractivity contribution in [1.82, 2.24) is 9.97 Å². The van der Waals surface area contributed by atoms with Crippen LogP contribution in [0.25, 0.3) is 0 Å². The summed E-state index contributed by atoms with van der Waals surface area (Å²) in [6.07, 6.45) is 1.07. The lowest BCUT2D eigenvalue weighted by atomic mass is 10.0. The van der Waals surface area contributed by atoms with Crippen LogP contribution in [0.4, 0.5) is 5.82 Å². The van der Waals surface area contributed by atoms with Crippen molar-refractivity contribution in [1.29, 1.82) is 0 Å². The maximum absolute atomic E-state index is 6.18. The Hall–Kier alpha value is -0.830. The predicted octanol–water partition coefficient (Wildman–Crippen LogP) is 4.41. The molecule has 1 heterocycles. The number of hydrogen-bond donors (Lipinski definition) is 1. The summed E-state index contributed by atoms with van der Waals surface area (Å²) in [7, 11) is 0. The molecule has 0 aliphatic heterocycles. The lowest BCUT2D eigenvalue weighted by Crippen LogP contribution is -2.26. The SMILES string of the molecule is CCC(Nc1nc(C(C)C)nc(Cl)c1C)C(C)C. The summed E-state index contributed by atoms with van der Waals surface area (Å²) < 4.78 is 0. The third kappa shape index (κ3) is 3.58. The number of aromatic nitrogens is 2. The molecule has 18 heavy (non-hydrogen) atoms. The van der Waals surface area contributed by atoms with E-state index >= 15 is 0 Å².